The van der Waals surface area contributed by atoms with E-state index in [1.807, 2.05) is 30.3 Å². The zero-order chi connectivity index (χ0) is 25.9. The number of aromatic nitrogens is 2. The monoisotopic (exact) mass is 604 g/mol. The zero-order valence-corrected chi connectivity index (χ0v) is 21.9. The Labute approximate surface area is 224 Å². The molecule has 3 rings (SSSR count). The average Bonchev–Trinajstić information content (AvgIpc) is 2.88. The third-order valence-corrected chi connectivity index (χ3v) is 5.57. The molecule has 0 aliphatic carbocycles. The number of nitriles is 2. The molecule has 2 heterocycles. The summed E-state index contributed by atoms with van der Waals surface area (Å²) in [5.41, 5.74) is 2.38. The van der Waals surface area contributed by atoms with Gasteiger partial charge in [-0.15, -0.1) is 0 Å². The molecule has 1 aromatic carbocycles. The van der Waals surface area contributed by atoms with Crippen LogP contribution in [0.3, 0.4) is 0 Å². The van der Waals surface area contributed by atoms with Gasteiger partial charge in [0.15, 0.2) is 0 Å². The van der Waals surface area contributed by atoms with E-state index in [4.69, 9.17) is 0 Å². The van der Waals surface area contributed by atoms with Gasteiger partial charge in [0.2, 0.25) is 0 Å². The molecule has 0 unspecified atom stereocenters. The number of pyridine rings is 2. The highest BCUT2D eigenvalue weighted by Crippen LogP contribution is 2.12. The first kappa shape index (κ1) is 26.5. The normalized spacial score (nSPS) is 11.2. The van der Waals surface area contributed by atoms with Crippen LogP contribution in [0.1, 0.15) is 22.5 Å². The first-order valence-corrected chi connectivity index (χ1v) is 12.1. The smallest absolute Gasteiger partial charge is 0.262 e. The molecule has 0 aliphatic rings. The molecular formula is C26H18Br2N6O2. The number of nitrogens with zero attached hydrogens (tertiary/aromatic N) is 4. The molecule has 0 fully saturated rings. The number of amides is 2. The molecule has 0 atom stereocenters. The van der Waals surface area contributed by atoms with Gasteiger partial charge in [0, 0.05) is 13.1 Å². The van der Waals surface area contributed by atoms with Crippen molar-refractivity contribution in [1.82, 2.24) is 20.6 Å². The number of benzene rings is 1. The molecule has 0 spiro atoms. The van der Waals surface area contributed by atoms with Crippen LogP contribution in [0.15, 0.2) is 81.0 Å². The zero-order valence-electron chi connectivity index (χ0n) is 18.7. The molecule has 0 saturated carbocycles. The van der Waals surface area contributed by atoms with Gasteiger partial charge in [-0.1, -0.05) is 36.4 Å². The van der Waals surface area contributed by atoms with Gasteiger partial charge in [-0.3, -0.25) is 9.59 Å². The van der Waals surface area contributed by atoms with Gasteiger partial charge in [-0.05, 0) is 79.4 Å². The minimum absolute atomic E-state index is 0.0697. The lowest BCUT2D eigenvalue weighted by atomic mass is 10.1. The van der Waals surface area contributed by atoms with Gasteiger partial charge in [0.25, 0.3) is 11.8 Å². The van der Waals surface area contributed by atoms with Crippen LogP contribution in [0.4, 0.5) is 0 Å². The maximum absolute atomic E-state index is 12.5. The lowest BCUT2D eigenvalue weighted by Gasteiger charge is -2.08. The van der Waals surface area contributed by atoms with Crippen LogP contribution in [-0.4, -0.2) is 21.8 Å². The average molecular weight is 606 g/mol. The second kappa shape index (κ2) is 13.1. The molecule has 0 aliphatic heterocycles. The quantitative estimate of drug-likeness (QED) is 0.222. The highest BCUT2D eigenvalue weighted by Gasteiger charge is 2.11. The molecule has 0 saturated heterocycles. The summed E-state index contributed by atoms with van der Waals surface area (Å²) in [5.74, 6) is -1.05. The number of hydrogen-bond acceptors (Lipinski definition) is 6. The van der Waals surface area contributed by atoms with Crippen molar-refractivity contribution in [3.63, 3.8) is 0 Å². The summed E-state index contributed by atoms with van der Waals surface area (Å²) in [6.07, 6.45) is 2.83. The van der Waals surface area contributed by atoms with Gasteiger partial charge in [-0.25, -0.2) is 9.97 Å². The summed E-state index contributed by atoms with van der Waals surface area (Å²) in [6.45, 7) is 0.368. The predicted molar refractivity (Wildman–Crippen MR) is 141 cm³/mol. The molecule has 2 N–H and O–H groups in total. The van der Waals surface area contributed by atoms with Crippen molar-refractivity contribution in [3.8, 4) is 12.1 Å². The van der Waals surface area contributed by atoms with Crippen LogP contribution in [0.5, 0.6) is 0 Å². The standard InChI is InChI=1S/C26H18Br2N6O2/c27-23-8-2-6-21(33-23)11-19(13-29)25(35)31-15-17-4-1-5-18(10-17)16-32-26(36)20(14-30)12-22-7-3-9-24(28)34-22/h1-12H,15-16H2,(H,31,35)(H,32,36)/b19-11-,20-12-. The number of hydrogen-bond donors (Lipinski definition) is 2. The van der Waals surface area contributed by atoms with Crippen LogP contribution in [0.25, 0.3) is 12.2 Å². The van der Waals surface area contributed by atoms with Gasteiger partial charge in [0.1, 0.15) is 32.5 Å². The fourth-order valence-corrected chi connectivity index (χ4v) is 3.72. The van der Waals surface area contributed by atoms with E-state index in [0.717, 1.165) is 11.1 Å². The van der Waals surface area contributed by atoms with E-state index in [2.05, 4.69) is 52.5 Å². The molecule has 8 nitrogen and oxygen atoms in total. The van der Waals surface area contributed by atoms with E-state index in [9.17, 15) is 20.1 Å². The van der Waals surface area contributed by atoms with Crippen LogP contribution < -0.4 is 10.6 Å². The third kappa shape index (κ3) is 7.98. The molecule has 36 heavy (non-hydrogen) atoms. The van der Waals surface area contributed by atoms with Crippen LogP contribution >= 0.6 is 31.9 Å². The largest absolute Gasteiger partial charge is 0.347 e. The number of carbonyl (C=O) groups is 2. The van der Waals surface area contributed by atoms with Crippen LogP contribution in [0.2, 0.25) is 0 Å². The lowest BCUT2D eigenvalue weighted by molar-refractivity contribution is -0.118. The van der Waals surface area contributed by atoms with Gasteiger partial charge in [-0.2, -0.15) is 10.5 Å². The fraction of sp³-hybridized carbons (Fsp3) is 0.0769. The lowest BCUT2D eigenvalue weighted by Crippen LogP contribution is -2.25. The van der Waals surface area contributed by atoms with E-state index < -0.39 is 11.8 Å². The van der Waals surface area contributed by atoms with Crippen molar-refractivity contribution in [1.29, 1.82) is 10.5 Å². The maximum atomic E-state index is 12.5. The fourth-order valence-electron chi connectivity index (χ4n) is 3.01. The summed E-state index contributed by atoms with van der Waals surface area (Å²) < 4.78 is 1.19. The molecule has 2 aromatic heterocycles. The minimum Gasteiger partial charge on any atom is -0.347 e. The summed E-state index contributed by atoms with van der Waals surface area (Å²) in [4.78, 5) is 33.3. The Morgan fingerprint density at radius 3 is 1.56 bits per heavy atom. The Bertz CT molecular complexity index is 1330. The molecule has 10 heteroatoms. The summed E-state index contributed by atoms with van der Waals surface area (Å²) >= 11 is 6.51. The number of nitrogens with one attached hydrogen (secondary N) is 2. The van der Waals surface area contributed by atoms with Crippen molar-refractivity contribution in [2.24, 2.45) is 0 Å². The molecule has 2 amide bonds. The van der Waals surface area contributed by atoms with Crippen molar-refractivity contribution in [3.05, 3.63) is 104 Å². The highest BCUT2D eigenvalue weighted by molar-refractivity contribution is 9.10. The van der Waals surface area contributed by atoms with Gasteiger partial charge in [0.05, 0.1) is 11.4 Å². The van der Waals surface area contributed by atoms with Crippen molar-refractivity contribution >= 4 is 55.8 Å². The topological polar surface area (TPSA) is 132 Å². The Balaban J connectivity index is 1.60. The molecular weight excluding hydrogens is 588 g/mol. The Hall–Kier alpha value is -4.12. The van der Waals surface area contributed by atoms with Crippen molar-refractivity contribution in [2.75, 3.05) is 0 Å². The van der Waals surface area contributed by atoms with Gasteiger partial charge >= 0.3 is 0 Å². The SMILES string of the molecule is N#C/C(=C/c1cccc(Br)n1)C(=O)NCc1cccc(CNC(=O)/C(C#N)=C\c2cccc(Br)n2)c1. The molecule has 0 bridgehead atoms. The molecule has 178 valence electrons. The predicted octanol–water partition coefficient (Wildman–Crippen LogP) is 4.45. The van der Waals surface area contributed by atoms with E-state index >= 15 is 0 Å². The molecule has 3 aromatic rings. The van der Waals surface area contributed by atoms with E-state index in [1.165, 1.54) is 12.2 Å². The van der Waals surface area contributed by atoms with Gasteiger partial charge < -0.3 is 10.6 Å². The third-order valence-electron chi connectivity index (χ3n) is 4.69. The Kier molecular flexibility index (Phi) is 9.64. The number of rotatable bonds is 8. The van der Waals surface area contributed by atoms with Crippen molar-refractivity contribution < 1.29 is 9.59 Å². The highest BCUT2D eigenvalue weighted by atomic mass is 79.9. The number of halogens is 2. The van der Waals surface area contributed by atoms with E-state index in [1.54, 1.807) is 42.5 Å². The van der Waals surface area contributed by atoms with Crippen LogP contribution in [-0.2, 0) is 22.7 Å². The molecule has 0 radical (unpaired) electrons. The first-order chi connectivity index (χ1) is 17.4. The first-order valence-electron chi connectivity index (χ1n) is 10.5. The second-order valence-corrected chi connectivity index (χ2v) is 8.92. The summed E-state index contributed by atoms with van der Waals surface area (Å²) in [6, 6.07) is 21.4. The number of carbonyl (C=O) groups excluding carboxylic acids is 2. The van der Waals surface area contributed by atoms with E-state index in [-0.39, 0.29) is 24.2 Å². The Morgan fingerprint density at radius 1 is 0.750 bits per heavy atom. The minimum atomic E-state index is -0.525. The Morgan fingerprint density at radius 2 is 1.17 bits per heavy atom. The second-order valence-electron chi connectivity index (χ2n) is 7.30. The van der Waals surface area contributed by atoms with Crippen molar-refractivity contribution in [2.45, 2.75) is 13.1 Å². The summed E-state index contributed by atoms with van der Waals surface area (Å²) in [5, 5.41) is 24.2. The summed E-state index contributed by atoms with van der Waals surface area (Å²) in [7, 11) is 0. The maximum Gasteiger partial charge on any atom is 0.262 e. The van der Waals surface area contributed by atoms with Crippen LogP contribution in [0, 0.1) is 22.7 Å². The van der Waals surface area contributed by atoms with E-state index in [0.29, 0.717) is 20.6 Å².